The average molecular weight is 177 g/mol. The zero-order valence-corrected chi connectivity index (χ0v) is 7.40. The summed E-state index contributed by atoms with van der Waals surface area (Å²) in [5.41, 5.74) is -0.811. The van der Waals surface area contributed by atoms with Gasteiger partial charge in [-0.1, -0.05) is 6.08 Å². The van der Waals surface area contributed by atoms with Gasteiger partial charge in [0.15, 0.2) is 0 Å². The van der Waals surface area contributed by atoms with Crippen LogP contribution in [0.25, 0.3) is 0 Å². The standard InChI is InChI=1S/C8H13ClO2/c1-3-8(2,7(10)11)5-4-6-9/h3H,1,4-6H2,2H3,(H,10,11). The number of alkyl halides is 1. The summed E-state index contributed by atoms with van der Waals surface area (Å²) >= 11 is 5.44. The van der Waals surface area contributed by atoms with Crippen LogP contribution in [0.4, 0.5) is 0 Å². The summed E-state index contributed by atoms with van der Waals surface area (Å²) < 4.78 is 0. The molecule has 0 fully saturated rings. The van der Waals surface area contributed by atoms with Gasteiger partial charge >= 0.3 is 5.97 Å². The number of hydrogen-bond donors (Lipinski definition) is 1. The Labute approximate surface area is 71.9 Å². The van der Waals surface area contributed by atoms with Crippen LogP contribution >= 0.6 is 11.6 Å². The van der Waals surface area contributed by atoms with Crippen molar-refractivity contribution >= 4 is 17.6 Å². The Kier molecular flexibility index (Phi) is 4.19. The molecule has 3 heteroatoms. The number of carbonyl (C=O) groups is 1. The van der Waals surface area contributed by atoms with Crippen LogP contribution in [0.1, 0.15) is 19.8 Å². The number of carboxylic acid groups (broad SMARTS) is 1. The van der Waals surface area contributed by atoms with Gasteiger partial charge in [0.05, 0.1) is 5.41 Å². The van der Waals surface area contributed by atoms with Gasteiger partial charge in [0.2, 0.25) is 0 Å². The van der Waals surface area contributed by atoms with E-state index in [4.69, 9.17) is 16.7 Å². The van der Waals surface area contributed by atoms with Gasteiger partial charge in [-0.3, -0.25) is 4.79 Å². The van der Waals surface area contributed by atoms with Gasteiger partial charge in [0, 0.05) is 5.88 Å². The lowest BCUT2D eigenvalue weighted by Gasteiger charge is -2.18. The Morgan fingerprint density at radius 3 is 2.64 bits per heavy atom. The van der Waals surface area contributed by atoms with Crippen molar-refractivity contribution in [1.82, 2.24) is 0 Å². The van der Waals surface area contributed by atoms with Crippen molar-refractivity contribution in [3.63, 3.8) is 0 Å². The molecule has 0 aromatic rings. The SMILES string of the molecule is C=CC(C)(CCCCl)C(=O)O. The third-order valence-electron chi connectivity index (χ3n) is 1.77. The van der Waals surface area contributed by atoms with Crippen LogP contribution < -0.4 is 0 Å². The van der Waals surface area contributed by atoms with Crippen LogP contribution in [0.2, 0.25) is 0 Å². The molecule has 2 nitrogen and oxygen atoms in total. The molecule has 0 spiro atoms. The number of halogens is 1. The normalized spacial score (nSPS) is 15.5. The van der Waals surface area contributed by atoms with Crippen molar-refractivity contribution in [2.24, 2.45) is 5.41 Å². The Morgan fingerprint density at radius 1 is 1.82 bits per heavy atom. The molecule has 0 saturated heterocycles. The predicted molar refractivity (Wildman–Crippen MR) is 45.9 cm³/mol. The molecule has 0 heterocycles. The van der Waals surface area contributed by atoms with Crippen LogP contribution in [0.3, 0.4) is 0 Å². The Hall–Kier alpha value is -0.500. The second-order valence-electron chi connectivity index (χ2n) is 2.72. The molecule has 0 aliphatic heterocycles. The highest BCUT2D eigenvalue weighted by Crippen LogP contribution is 2.24. The quantitative estimate of drug-likeness (QED) is 0.516. The maximum atomic E-state index is 10.6. The minimum absolute atomic E-state index is 0.497. The van der Waals surface area contributed by atoms with E-state index in [1.54, 1.807) is 6.92 Å². The van der Waals surface area contributed by atoms with E-state index in [1.807, 2.05) is 0 Å². The molecular weight excluding hydrogens is 164 g/mol. The second-order valence-corrected chi connectivity index (χ2v) is 3.10. The van der Waals surface area contributed by atoms with Crippen molar-refractivity contribution in [3.8, 4) is 0 Å². The predicted octanol–water partition coefficient (Wildman–Crippen LogP) is 2.28. The van der Waals surface area contributed by atoms with E-state index >= 15 is 0 Å². The molecule has 0 radical (unpaired) electrons. The molecule has 0 aromatic heterocycles. The molecule has 0 saturated carbocycles. The smallest absolute Gasteiger partial charge is 0.313 e. The molecule has 0 aliphatic rings. The number of carboxylic acids is 1. The lowest BCUT2D eigenvalue weighted by atomic mass is 9.86. The van der Waals surface area contributed by atoms with Gasteiger partial charge in [-0.2, -0.15) is 0 Å². The van der Waals surface area contributed by atoms with E-state index in [0.717, 1.165) is 0 Å². The highest BCUT2D eigenvalue weighted by Gasteiger charge is 2.28. The first-order valence-corrected chi connectivity index (χ1v) is 4.03. The van der Waals surface area contributed by atoms with Gasteiger partial charge in [-0.15, -0.1) is 18.2 Å². The van der Waals surface area contributed by atoms with Crippen molar-refractivity contribution in [2.75, 3.05) is 5.88 Å². The molecule has 11 heavy (non-hydrogen) atoms. The average Bonchev–Trinajstić information content (AvgIpc) is 2.00. The summed E-state index contributed by atoms with van der Waals surface area (Å²) in [4.78, 5) is 10.6. The fraction of sp³-hybridized carbons (Fsp3) is 0.625. The highest BCUT2D eigenvalue weighted by molar-refractivity contribution is 6.17. The maximum Gasteiger partial charge on any atom is 0.313 e. The molecule has 1 unspecified atom stereocenters. The molecule has 0 rings (SSSR count). The third kappa shape index (κ3) is 2.93. The molecule has 64 valence electrons. The van der Waals surface area contributed by atoms with Crippen molar-refractivity contribution in [2.45, 2.75) is 19.8 Å². The van der Waals surface area contributed by atoms with Crippen LogP contribution in [-0.2, 0) is 4.79 Å². The lowest BCUT2D eigenvalue weighted by Crippen LogP contribution is -2.24. The van der Waals surface area contributed by atoms with Crippen LogP contribution in [-0.4, -0.2) is 17.0 Å². The van der Waals surface area contributed by atoms with E-state index in [1.165, 1.54) is 6.08 Å². The van der Waals surface area contributed by atoms with Gasteiger partial charge in [0.1, 0.15) is 0 Å². The number of aliphatic carboxylic acids is 1. The van der Waals surface area contributed by atoms with Crippen molar-refractivity contribution < 1.29 is 9.90 Å². The van der Waals surface area contributed by atoms with Crippen LogP contribution in [0, 0.1) is 5.41 Å². The third-order valence-corrected chi connectivity index (χ3v) is 2.04. The van der Waals surface area contributed by atoms with E-state index in [9.17, 15) is 4.79 Å². The molecule has 1 atom stereocenters. The maximum absolute atomic E-state index is 10.6. The molecule has 1 N–H and O–H groups in total. The van der Waals surface area contributed by atoms with Gasteiger partial charge in [-0.05, 0) is 19.8 Å². The van der Waals surface area contributed by atoms with Crippen LogP contribution in [0.5, 0.6) is 0 Å². The first-order valence-electron chi connectivity index (χ1n) is 3.50. The second kappa shape index (κ2) is 4.39. The Balaban J connectivity index is 4.10. The molecule has 0 bridgehead atoms. The van der Waals surface area contributed by atoms with E-state index in [2.05, 4.69) is 6.58 Å². The Morgan fingerprint density at radius 2 is 2.36 bits per heavy atom. The van der Waals surface area contributed by atoms with E-state index < -0.39 is 11.4 Å². The summed E-state index contributed by atoms with van der Waals surface area (Å²) in [6.45, 7) is 5.13. The zero-order valence-electron chi connectivity index (χ0n) is 6.64. The molecule has 0 aliphatic carbocycles. The number of hydrogen-bond acceptors (Lipinski definition) is 1. The van der Waals surface area contributed by atoms with Gasteiger partial charge < -0.3 is 5.11 Å². The van der Waals surface area contributed by atoms with Crippen molar-refractivity contribution in [1.29, 1.82) is 0 Å². The van der Waals surface area contributed by atoms with E-state index in [0.29, 0.717) is 18.7 Å². The summed E-state index contributed by atoms with van der Waals surface area (Å²) in [5.74, 6) is -0.339. The first-order chi connectivity index (χ1) is 5.06. The monoisotopic (exact) mass is 176 g/mol. The summed E-state index contributed by atoms with van der Waals surface area (Å²) in [6.07, 6.45) is 2.72. The summed E-state index contributed by atoms with van der Waals surface area (Å²) in [5, 5.41) is 8.74. The largest absolute Gasteiger partial charge is 0.481 e. The topological polar surface area (TPSA) is 37.3 Å². The summed E-state index contributed by atoms with van der Waals surface area (Å²) in [7, 11) is 0. The Bertz CT molecular complexity index is 156. The minimum atomic E-state index is -0.836. The van der Waals surface area contributed by atoms with Crippen LogP contribution in [0.15, 0.2) is 12.7 Å². The fourth-order valence-corrected chi connectivity index (χ4v) is 0.864. The zero-order chi connectivity index (χ0) is 8.91. The van der Waals surface area contributed by atoms with Crippen molar-refractivity contribution in [3.05, 3.63) is 12.7 Å². The first kappa shape index (κ1) is 10.5. The minimum Gasteiger partial charge on any atom is -0.481 e. The fourth-order valence-electron chi connectivity index (χ4n) is 0.730. The van der Waals surface area contributed by atoms with Gasteiger partial charge in [0.25, 0.3) is 0 Å². The lowest BCUT2D eigenvalue weighted by molar-refractivity contribution is -0.145. The number of rotatable bonds is 5. The van der Waals surface area contributed by atoms with E-state index in [-0.39, 0.29) is 0 Å². The molecule has 0 aromatic carbocycles. The summed E-state index contributed by atoms with van der Waals surface area (Å²) in [6, 6.07) is 0. The van der Waals surface area contributed by atoms with Gasteiger partial charge in [-0.25, -0.2) is 0 Å². The molecular formula is C8H13ClO2. The highest BCUT2D eigenvalue weighted by atomic mass is 35.5. The molecule has 0 amide bonds.